The average molecular weight is 309 g/mol. The zero-order valence-electron chi connectivity index (χ0n) is 12.5. The highest BCUT2D eigenvalue weighted by Crippen LogP contribution is 2.29. The number of aromatic nitrogens is 3. The summed E-state index contributed by atoms with van der Waals surface area (Å²) < 4.78 is 28.3. The quantitative estimate of drug-likeness (QED) is 0.912. The second-order valence-electron chi connectivity index (χ2n) is 4.90. The molecule has 2 rings (SSSR count). The van der Waals surface area contributed by atoms with E-state index in [1.54, 1.807) is 38.5 Å². The molecule has 0 aliphatic heterocycles. The van der Waals surface area contributed by atoms with Crippen LogP contribution in [0.15, 0.2) is 29.4 Å². The van der Waals surface area contributed by atoms with Crippen LogP contribution >= 0.6 is 0 Å². The van der Waals surface area contributed by atoms with Crippen molar-refractivity contribution in [2.45, 2.75) is 24.8 Å². The van der Waals surface area contributed by atoms with Crippen molar-refractivity contribution in [3.8, 4) is 0 Å². The van der Waals surface area contributed by atoms with Crippen LogP contribution in [0.2, 0.25) is 0 Å². The molecule has 114 valence electrons. The highest BCUT2D eigenvalue weighted by Gasteiger charge is 2.32. The predicted molar refractivity (Wildman–Crippen MR) is 80.0 cm³/mol. The maximum atomic E-state index is 12.8. The Kier molecular flexibility index (Phi) is 4.02. The number of nitrogen functional groups attached to an aromatic ring is 1. The molecule has 0 bridgehead atoms. The van der Waals surface area contributed by atoms with Crippen molar-refractivity contribution < 1.29 is 8.42 Å². The largest absolute Gasteiger partial charge is 0.381 e. The van der Waals surface area contributed by atoms with Crippen LogP contribution in [0.3, 0.4) is 0 Å². The Balaban J connectivity index is 2.44. The fourth-order valence-electron chi connectivity index (χ4n) is 2.14. The smallest absolute Gasteiger partial charge is 0.248 e. The minimum atomic E-state index is -3.72. The third-order valence-electron chi connectivity index (χ3n) is 3.68. The van der Waals surface area contributed by atoms with Crippen molar-refractivity contribution in [3.05, 3.63) is 35.8 Å². The molecule has 0 spiro atoms. The van der Waals surface area contributed by atoms with Gasteiger partial charge in [0.25, 0.3) is 0 Å². The summed E-state index contributed by atoms with van der Waals surface area (Å²) in [7, 11) is -0.525. The third-order valence-corrected chi connectivity index (χ3v) is 5.77. The summed E-state index contributed by atoms with van der Waals surface area (Å²) in [6.45, 7) is 3.50. The number of nitrogens with zero attached hydrogens (tertiary/aromatic N) is 4. The van der Waals surface area contributed by atoms with E-state index in [1.165, 1.54) is 16.0 Å². The number of hydrogen-bond acceptors (Lipinski definition) is 5. The molecule has 0 saturated carbocycles. The van der Waals surface area contributed by atoms with Gasteiger partial charge in [-0.2, -0.15) is 9.40 Å². The maximum absolute atomic E-state index is 12.8. The van der Waals surface area contributed by atoms with Gasteiger partial charge in [-0.15, -0.1) is 0 Å². The Hall–Kier alpha value is -1.93. The third kappa shape index (κ3) is 2.64. The van der Waals surface area contributed by atoms with E-state index in [2.05, 4.69) is 10.1 Å². The van der Waals surface area contributed by atoms with Crippen molar-refractivity contribution in [2.75, 3.05) is 12.8 Å². The van der Waals surface area contributed by atoms with Gasteiger partial charge in [-0.1, -0.05) is 0 Å². The Morgan fingerprint density at radius 2 is 1.90 bits per heavy atom. The molecule has 1 unspecified atom stereocenters. The first-order chi connectivity index (χ1) is 9.76. The molecule has 1 atom stereocenters. The number of anilines is 1. The van der Waals surface area contributed by atoms with Crippen LogP contribution in [0.25, 0.3) is 0 Å². The van der Waals surface area contributed by atoms with Crippen molar-refractivity contribution in [2.24, 2.45) is 7.05 Å². The van der Waals surface area contributed by atoms with Gasteiger partial charge >= 0.3 is 0 Å². The maximum Gasteiger partial charge on any atom is 0.248 e. The lowest BCUT2D eigenvalue weighted by atomic mass is 10.1. The van der Waals surface area contributed by atoms with Gasteiger partial charge in [-0.3, -0.25) is 9.67 Å². The molecular formula is C13H19N5O2S. The minimum absolute atomic E-state index is 0.0174. The van der Waals surface area contributed by atoms with E-state index >= 15 is 0 Å². The van der Waals surface area contributed by atoms with E-state index in [-0.39, 0.29) is 16.8 Å². The van der Waals surface area contributed by atoms with Crippen molar-refractivity contribution in [3.63, 3.8) is 0 Å². The van der Waals surface area contributed by atoms with E-state index in [4.69, 9.17) is 5.73 Å². The fraction of sp³-hybridized carbons (Fsp3) is 0.385. The van der Waals surface area contributed by atoms with Crippen LogP contribution in [0.5, 0.6) is 0 Å². The van der Waals surface area contributed by atoms with E-state index in [1.807, 2.05) is 6.92 Å². The second kappa shape index (κ2) is 5.45. The first-order valence-electron chi connectivity index (χ1n) is 6.43. The number of nitrogens with two attached hydrogens (primary N) is 1. The summed E-state index contributed by atoms with van der Waals surface area (Å²) in [5.74, 6) is 0.0174. The van der Waals surface area contributed by atoms with E-state index < -0.39 is 10.0 Å². The monoisotopic (exact) mass is 309 g/mol. The van der Waals surface area contributed by atoms with Gasteiger partial charge in [0, 0.05) is 32.5 Å². The van der Waals surface area contributed by atoms with E-state index in [9.17, 15) is 8.42 Å². The molecule has 0 aliphatic carbocycles. The Labute approximate surface area is 124 Å². The van der Waals surface area contributed by atoms with Crippen molar-refractivity contribution in [1.29, 1.82) is 0 Å². The van der Waals surface area contributed by atoms with Gasteiger partial charge in [0.15, 0.2) is 5.82 Å². The first kappa shape index (κ1) is 15.5. The molecule has 0 aliphatic rings. The lowest BCUT2D eigenvalue weighted by Gasteiger charge is -2.24. The Morgan fingerprint density at radius 1 is 1.33 bits per heavy atom. The molecule has 8 heteroatoms. The number of hydrogen-bond donors (Lipinski definition) is 1. The summed E-state index contributed by atoms with van der Waals surface area (Å²) in [6.07, 6.45) is 3.27. The van der Waals surface area contributed by atoms with E-state index in [0.29, 0.717) is 5.69 Å². The fourth-order valence-corrected chi connectivity index (χ4v) is 3.77. The number of pyridine rings is 1. The predicted octanol–water partition coefficient (Wildman–Crippen LogP) is 1.09. The Bertz CT molecular complexity index is 739. The molecule has 2 N–H and O–H groups in total. The van der Waals surface area contributed by atoms with Crippen LogP contribution in [-0.4, -0.2) is 34.5 Å². The molecule has 0 fully saturated rings. The van der Waals surface area contributed by atoms with Gasteiger partial charge in [0.1, 0.15) is 4.90 Å². The SMILES string of the molecule is Cc1c(S(=O)(=O)N(C)C(C)c2ccncc2)c(N)nn1C. The van der Waals surface area contributed by atoms with Gasteiger partial charge in [0.2, 0.25) is 10.0 Å². The topological polar surface area (TPSA) is 94.1 Å². The average Bonchev–Trinajstić information content (AvgIpc) is 2.71. The molecule has 0 amide bonds. The van der Waals surface area contributed by atoms with Crippen molar-refractivity contribution >= 4 is 15.8 Å². The summed E-state index contributed by atoms with van der Waals surface area (Å²) >= 11 is 0. The van der Waals surface area contributed by atoms with Crippen LogP contribution in [-0.2, 0) is 17.1 Å². The van der Waals surface area contributed by atoms with Crippen LogP contribution in [0.1, 0.15) is 24.2 Å². The molecular weight excluding hydrogens is 290 g/mol. The second-order valence-corrected chi connectivity index (χ2v) is 6.84. The molecule has 2 heterocycles. The highest BCUT2D eigenvalue weighted by molar-refractivity contribution is 7.89. The van der Waals surface area contributed by atoms with Gasteiger partial charge < -0.3 is 5.73 Å². The van der Waals surface area contributed by atoms with Gasteiger partial charge in [-0.05, 0) is 31.5 Å². The van der Waals surface area contributed by atoms with Crippen LogP contribution in [0, 0.1) is 6.92 Å². The van der Waals surface area contributed by atoms with Crippen LogP contribution in [0.4, 0.5) is 5.82 Å². The summed E-state index contributed by atoms with van der Waals surface area (Å²) in [5, 5.41) is 3.97. The van der Waals surface area contributed by atoms with Gasteiger partial charge in [0.05, 0.1) is 5.69 Å². The number of aryl methyl sites for hydroxylation is 1. The lowest BCUT2D eigenvalue weighted by molar-refractivity contribution is 0.398. The summed E-state index contributed by atoms with van der Waals surface area (Å²) in [5.41, 5.74) is 7.13. The number of rotatable bonds is 4. The van der Waals surface area contributed by atoms with Gasteiger partial charge in [-0.25, -0.2) is 8.42 Å². The Morgan fingerprint density at radius 3 is 2.38 bits per heavy atom. The van der Waals surface area contributed by atoms with E-state index in [0.717, 1.165) is 5.56 Å². The lowest BCUT2D eigenvalue weighted by Crippen LogP contribution is -2.30. The highest BCUT2D eigenvalue weighted by atomic mass is 32.2. The molecule has 0 radical (unpaired) electrons. The zero-order valence-corrected chi connectivity index (χ0v) is 13.3. The molecule has 2 aromatic heterocycles. The normalized spacial score (nSPS) is 13.6. The molecule has 7 nitrogen and oxygen atoms in total. The van der Waals surface area contributed by atoms with Crippen molar-refractivity contribution in [1.82, 2.24) is 19.1 Å². The standard InChI is InChI=1S/C13H19N5O2S/c1-9(11-5-7-15-8-6-11)18(4)21(19,20)12-10(2)17(3)16-13(12)14/h5-9H,1-4H3,(H2,14,16). The molecule has 2 aromatic rings. The molecule has 0 aromatic carbocycles. The van der Waals surface area contributed by atoms with Crippen LogP contribution < -0.4 is 5.73 Å². The summed E-state index contributed by atoms with van der Waals surface area (Å²) in [6, 6.07) is 3.24. The minimum Gasteiger partial charge on any atom is -0.381 e. The zero-order chi connectivity index (χ0) is 15.8. The number of sulfonamides is 1. The molecule has 21 heavy (non-hydrogen) atoms. The molecule has 0 saturated heterocycles. The summed E-state index contributed by atoms with van der Waals surface area (Å²) in [4.78, 5) is 4.00. The first-order valence-corrected chi connectivity index (χ1v) is 7.88.